The summed E-state index contributed by atoms with van der Waals surface area (Å²) < 4.78 is 28.4. The molecule has 38 heteroatoms. The number of aliphatic hydroxyl groups excluding tert-OH is 2. The van der Waals surface area contributed by atoms with Crippen molar-refractivity contribution >= 4 is 115 Å². The molecule has 7 aliphatic rings. The number of hydrogen-bond acceptors (Lipinski definition) is 28. The highest BCUT2D eigenvalue weighted by atomic mass is 35.5. The van der Waals surface area contributed by atoms with E-state index in [0.717, 1.165) is 128 Å². The second kappa shape index (κ2) is 41.2. The molecule has 0 radical (unpaired) electrons. The number of allylic oxidation sites excluding steroid dienone is 4. The predicted molar refractivity (Wildman–Crippen MR) is 520 cm³/mol. The number of alkyl halides is 1. The third-order valence-corrected chi connectivity index (χ3v) is 31.8. The Balaban J connectivity index is 0.478. The topological polar surface area (TPSA) is 386 Å². The molecule has 3 aromatic carbocycles. The first-order chi connectivity index (χ1) is 65.6. The summed E-state index contributed by atoms with van der Waals surface area (Å²) in [5, 5.41) is 64.2. The summed E-state index contributed by atoms with van der Waals surface area (Å²) in [6, 6.07) is 23.1. The SMILES string of the molecule is Cc1ncsc1-c1ccc(CNC(=O)[C@@H]2C[C@@H](O)CN2C(=O)[C@H](c2cc(OCCN3CC[C@H](NC(=O)C[C@@H]4N=C(C5=CCC(Cl)C=C5)c5c(sc(C)c5C)-n5c(C)nnc54)C3)no2)C(C)CCc2ncsc2-c2ccc(CNC(=O)[C@@H]3C[C@@H](O)CN3C(=O)[C@@H](c3cc(OCCN4CC[C@H](NC(=O)C[C@@H]5N=C(c6ccc(Cl)cc6)c6c(sc(C)c6C)-n6c(C)nnc65)C4)no3)C(C)C)cc2)cc1. The Morgan fingerprint density at radius 1 is 0.588 bits per heavy atom. The van der Waals surface area contributed by atoms with Gasteiger partial charge in [0.25, 0.3) is 11.8 Å². The van der Waals surface area contributed by atoms with Gasteiger partial charge in [0.2, 0.25) is 35.4 Å². The molecule has 4 saturated heterocycles. The van der Waals surface area contributed by atoms with Crippen molar-refractivity contribution in [3.63, 3.8) is 0 Å². The van der Waals surface area contributed by atoms with Crippen LogP contribution < -0.4 is 30.7 Å². The van der Waals surface area contributed by atoms with Gasteiger partial charge in [0.15, 0.2) is 23.2 Å². The van der Waals surface area contributed by atoms with E-state index in [1.54, 1.807) is 51.7 Å². The summed E-state index contributed by atoms with van der Waals surface area (Å²) in [7, 11) is 0. The van der Waals surface area contributed by atoms with E-state index in [2.05, 4.69) is 105 Å². The Morgan fingerprint density at radius 3 is 1.58 bits per heavy atom. The summed E-state index contributed by atoms with van der Waals surface area (Å²) in [4.78, 5) is 118. The zero-order valence-electron chi connectivity index (χ0n) is 77.3. The minimum absolute atomic E-state index is 0.0355. The smallest absolute Gasteiger partial charge is 0.254 e. The van der Waals surface area contributed by atoms with Crippen molar-refractivity contribution in [1.29, 1.82) is 0 Å². The van der Waals surface area contributed by atoms with Crippen molar-refractivity contribution < 1.29 is 57.5 Å². The maximum Gasteiger partial charge on any atom is 0.254 e. The fraction of sp³-hybridized carbons (Fsp3) is 0.449. The molecule has 12 atom stereocenters. The number of thiazole rings is 2. The monoisotopic (exact) mass is 1960 g/mol. The molecule has 1 aliphatic carbocycles. The average Bonchev–Trinajstić information content (AvgIpc) is 1.59. The lowest BCUT2D eigenvalue weighted by Crippen LogP contribution is -2.48. The number of hydrogen-bond donors (Lipinski definition) is 6. The molecule has 6 N–H and O–H groups in total. The first kappa shape index (κ1) is 95.0. The van der Waals surface area contributed by atoms with Crippen LogP contribution in [-0.4, -0.2) is 234 Å². The second-order valence-corrected chi connectivity index (χ2v) is 41.9. The van der Waals surface area contributed by atoms with Crippen LogP contribution in [0, 0.1) is 60.3 Å². The largest absolute Gasteiger partial charge is 0.474 e. The number of likely N-dealkylation sites (tertiary alicyclic amines) is 4. The minimum atomic E-state index is -0.985. The second-order valence-electron chi connectivity index (χ2n) is 36.8. The van der Waals surface area contributed by atoms with Gasteiger partial charge < -0.3 is 59.8 Å². The van der Waals surface area contributed by atoms with Gasteiger partial charge in [-0.15, -0.1) is 77.3 Å². The first-order valence-electron chi connectivity index (χ1n) is 46.4. The van der Waals surface area contributed by atoms with Crippen LogP contribution in [0.4, 0.5) is 0 Å². The van der Waals surface area contributed by atoms with Gasteiger partial charge in [-0.25, -0.2) is 9.97 Å². The van der Waals surface area contributed by atoms with Gasteiger partial charge in [-0.1, -0.05) is 111 Å². The Morgan fingerprint density at radius 2 is 1.07 bits per heavy atom. The highest BCUT2D eigenvalue weighted by molar-refractivity contribution is 7.15. The third-order valence-electron chi connectivity index (χ3n) is 27.0. The Hall–Kier alpha value is -11.3. The van der Waals surface area contributed by atoms with Crippen molar-refractivity contribution in [2.45, 2.75) is 206 Å². The Kier molecular flexibility index (Phi) is 28.7. The van der Waals surface area contributed by atoms with Crippen molar-refractivity contribution in [3.05, 3.63) is 220 Å². The summed E-state index contributed by atoms with van der Waals surface area (Å²) >= 11 is 19.2. The molecular weight excluding hydrogens is 1850 g/mol. The van der Waals surface area contributed by atoms with Gasteiger partial charge in [-0.2, -0.15) is 0 Å². The number of ether oxygens (including phenoxy) is 2. The number of fused-ring (bicyclic) bond motifs is 6. The van der Waals surface area contributed by atoms with E-state index in [1.807, 2.05) is 137 Å². The van der Waals surface area contributed by atoms with Gasteiger partial charge in [-0.3, -0.25) is 57.7 Å². The number of aliphatic hydroxyl groups is 2. The van der Waals surface area contributed by atoms with E-state index in [4.69, 9.17) is 56.7 Å². The highest BCUT2D eigenvalue weighted by Crippen LogP contribution is 2.45. The van der Waals surface area contributed by atoms with Crippen molar-refractivity contribution in [2.24, 2.45) is 21.8 Å². The number of aliphatic imine (C=N–C) groups is 2. The lowest BCUT2D eigenvalue weighted by Gasteiger charge is -2.30. The number of benzene rings is 3. The molecule has 11 aromatic rings. The molecule has 136 heavy (non-hydrogen) atoms. The van der Waals surface area contributed by atoms with E-state index in [0.29, 0.717) is 74.5 Å². The molecule has 712 valence electrons. The van der Waals surface area contributed by atoms with Crippen LogP contribution in [0.2, 0.25) is 5.02 Å². The van der Waals surface area contributed by atoms with Crippen LogP contribution in [0.3, 0.4) is 0 Å². The van der Waals surface area contributed by atoms with Gasteiger partial charge in [0, 0.05) is 134 Å². The van der Waals surface area contributed by atoms with E-state index in [-0.39, 0.29) is 129 Å². The average molecular weight is 1960 g/mol. The molecule has 6 amide bonds. The standard InChI is InChI=1S/C98H110Cl2N20O12S4/c1-51(2)83(77-41-81(113-131-77)129-35-33-115-31-29-68(45-115)105-79(123)39-73-91-111-109-58(9)119(91)97-85(53(4)56(7)135-97)87(107-73)62-20-24-66(99)25-21-62)95(127)117-47-70(121)37-75(117)93(125)101-44-61-14-18-65(19-15-61)90-72(104-50-134-90)28-11-52(3)84(96(128)118-48-71(122)38-76(118)94(126)102-43-60-12-16-64(17-13-60)89-55(6)103-49-133-89)78-42-82(114-132-78)130-36-34-116-32-30-69(46-116)106-80(124)40-74-92-112-110-59(10)120(92)98-86(54(5)57(8)136-98)88(108-74)63-22-26-67(100)27-23-63/h12-26,41-42,49-52,67-71,73-76,83-84,121-122H,11,27-40,43-48H2,1-10H3,(H,101,125)(H,102,126)(H,105,123)(H,106,124)/t52?,67?,68-,69-,70+,71+,73-,74-,75-,76-,83+,84-/m0/s1. The molecular formula is C98H110Cl2N20O12S4. The quantitative estimate of drug-likeness (QED) is 0.0208. The van der Waals surface area contributed by atoms with Crippen molar-refractivity contribution in [2.75, 3.05) is 65.6 Å². The number of aromatic nitrogens is 10. The molecule has 0 saturated carbocycles. The van der Waals surface area contributed by atoms with Crippen LogP contribution in [0.5, 0.6) is 11.8 Å². The number of nitrogens with zero attached hydrogens (tertiary/aromatic N) is 16. The zero-order valence-corrected chi connectivity index (χ0v) is 82.1. The Bertz CT molecular complexity index is 6400. The van der Waals surface area contributed by atoms with Crippen LogP contribution in [0.15, 0.2) is 139 Å². The maximum atomic E-state index is 15.5. The molecule has 0 bridgehead atoms. The Labute approximate surface area is 813 Å². The zero-order chi connectivity index (χ0) is 95.0. The van der Waals surface area contributed by atoms with Crippen molar-refractivity contribution in [1.82, 2.24) is 90.7 Å². The molecule has 8 aromatic heterocycles. The molecule has 6 aliphatic heterocycles. The summed E-state index contributed by atoms with van der Waals surface area (Å²) in [6.07, 6.45) is 7.42. The lowest BCUT2D eigenvalue weighted by molar-refractivity contribution is -0.141. The fourth-order valence-electron chi connectivity index (χ4n) is 19.5. The normalized spacial score (nSPS) is 21.1. The van der Waals surface area contributed by atoms with Gasteiger partial charge in [0.1, 0.15) is 70.9 Å². The third kappa shape index (κ3) is 20.5. The molecule has 0 spiro atoms. The predicted octanol–water partition coefficient (Wildman–Crippen LogP) is 13.2. The number of nitrogens with one attached hydrogen (secondary N) is 4. The minimum Gasteiger partial charge on any atom is -0.474 e. The van der Waals surface area contributed by atoms with Crippen molar-refractivity contribution in [3.8, 4) is 42.6 Å². The molecule has 14 heterocycles. The van der Waals surface area contributed by atoms with Gasteiger partial charge in [0.05, 0.1) is 74.0 Å². The summed E-state index contributed by atoms with van der Waals surface area (Å²) in [6.45, 7) is 24.3. The van der Waals surface area contributed by atoms with E-state index >= 15 is 4.79 Å². The van der Waals surface area contributed by atoms with E-state index in [9.17, 15) is 34.2 Å². The number of carbonyl (C=O) groups is 6. The molecule has 18 rings (SSSR count). The molecule has 4 fully saturated rings. The highest BCUT2D eigenvalue weighted by Gasteiger charge is 2.47. The van der Waals surface area contributed by atoms with Gasteiger partial charge >= 0.3 is 0 Å². The van der Waals surface area contributed by atoms with Crippen LogP contribution >= 0.6 is 68.5 Å². The number of aryl methyl sites for hydroxylation is 6. The number of β-amino-alcohol motifs (C(OH)–C–C–N with tert-alkyl or cyclic N) is 2. The molecule has 2 unspecified atom stereocenters. The summed E-state index contributed by atoms with van der Waals surface area (Å²) in [5.41, 5.74) is 16.6. The number of carbonyl (C=O) groups excluding carboxylic acids is 6. The van der Waals surface area contributed by atoms with E-state index < -0.39 is 71.9 Å². The first-order valence-corrected chi connectivity index (χ1v) is 50.6. The fourth-order valence-corrected chi connectivity index (χ4v) is 23.9. The summed E-state index contributed by atoms with van der Waals surface area (Å²) in [5.74, 6) is -0.916. The maximum absolute atomic E-state index is 15.5. The van der Waals surface area contributed by atoms with Crippen LogP contribution in [0.1, 0.15) is 191 Å². The lowest BCUT2D eigenvalue weighted by atomic mass is 9.86. The number of rotatable bonds is 33. The molecule has 32 nitrogen and oxygen atoms in total. The van der Waals surface area contributed by atoms with Gasteiger partial charge in [-0.05, 0) is 154 Å². The number of halogens is 2. The van der Waals surface area contributed by atoms with Crippen LogP contribution in [0.25, 0.3) is 30.9 Å². The van der Waals surface area contributed by atoms with E-state index in [1.165, 1.54) is 26.0 Å². The number of thiophene rings is 2. The van der Waals surface area contributed by atoms with Crippen LogP contribution in [-0.2, 0) is 48.3 Å². The number of amides is 6.